The molecule has 0 spiro atoms. The van der Waals surface area contributed by atoms with Crippen molar-refractivity contribution in [1.82, 2.24) is 21.3 Å². The third-order valence-corrected chi connectivity index (χ3v) is 8.32. The van der Waals surface area contributed by atoms with Crippen molar-refractivity contribution in [3.63, 3.8) is 0 Å². The van der Waals surface area contributed by atoms with Gasteiger partial charge in [-0.1, -0.05) is 75.6 Å². The van der Waals surface area contributed by atoms with E-state index in [9.17, 15) is 24.0 Å². The number of rotatable bonds is 11. The van der Waals surface area contributed by atoms with Crippen molar-refractivity contribution in [3.05, 3.63) is 71.3 Å². The fraction of sp³-hybridized carbons (Fsp3) is 0.485. The van der Waals surface area contributed by atoms with Crippen molar-refractivity contribution >= 4 is 29.4 Å². The SMILES string of the molecule is CC(C)[C@H](NC(=O)[C@H](C)NC(=O)[C@H](NC(=O)c1ccccc1)C1Cc2ccccc2C1)C(=O)C(=O)NC1CCCCC1. The quantitative estimate of drug-likeness (QED) is 0.306. The molecule has 2 aliphatic rings. The maximum atomic E-state index is 13.6. The zero-order chi connectivity index (χ0) is 30.2. The van der Waals surface area contributed by atoms with Gasteiger partial charge in [0, 0.05) is 11.6 Å². The monoisotopic (exact) mass is 574 g/mol. The summed E-state index contributed by atoms with van der Waals surface area (Å²) in [5.41, 5.74) is 2.69. The lowest BCUT2D eigenvalue weighted by atomic mass is 9.94. The molecule has 0 unspecified atom stereocenters. The van der Waals surface area contributed by atoms with E-state index in [0.29, 0.717) is 18.4 Å². The van der Waals surface area contributed by atoms with Crippen LogP contribution < -0.4 is 21.3 Å². The van der Waals surface area contributed by atoms with Crippen molar-refractivity contribution in [2.24, 2.45) is 11.8 Å². The van der Waals surface area contributed by atoms with Gasteiger partial charge in [0.05, 0.1) is 6.04 Å². The van der Waals surface area contributed by atoms with Gasteiger partial charge in [-0.15, -0.1) is 0 Å². The van der Waals surface area contributed by atoms with Crippen LogP contribution in [0.1, 0.15) is 74.4 Å². The molecule has 3 atom stereocenters. The van der Waals surface area contributed by atoms with Crippen LogP contribution in [0.2, 0.25) is 0 Å². The molecule has 224 valence electrons. The molecule has 0 radical (unpaired) electrons. The van der Waals surface area contributed by atoms with Gasteiger partial charge in [-0.2, -0.15) is 0 Å². The zero-order valence-electron chi connectivity index (χ0n) is 24.7. The van der Waals surface area contributed by atoms with Crippen LogP contribution in [0.25, 0.3) is 0 Å². The molecule has 1 fully saturated rings. The first-order valence-corrected chi connectivity index (χ1v) is 15.0. The highest BCUT2D eigenvalue weighted by Crippen LogP contribution is 2.29. The summed E-state index contributed by atoms with van der Waals surface area (Å²) < 4.78 is 0. The Morgan fingerprint density at radius 3 is 1.90 bits per heavy atom. The Bertz CT molecular complexity index is 1260. The third-order valence-electron chi connectivity index (χ3n) is 8.32. The molecule has 1 saturated carbocycles. The van der Waals surface area contributed by atoms with Gasteiger partial charge in [0.15, 0.2) is 0 Å². The molecular weight excluding hydrogens is 532 g/mol. The summed E-state index contributed by atoms with van der Waals surface area (Å²) in [6, 6.07) is 13.7. The van der Waals surface area contributed by atoms with E-state index in [0.717, 1.165) is 43.2 Å². The minimum atomic E-state index is -1.03. The smallest absolute Gasteiger partial charge is 0.289 e. The van der Waals surface area contributed by atoms with Gasteiger partial charge in [-0.05, 0) is 67.7 Å². The molecule has 9 nitrogen and oxygen atoms in total. The Kier molecular flexibility index (Phi) is 10.5. The van der Waals surface area contributed by atoms with E-state index in [2.05, 4.69) is 21.3 Å². The van der Waals surface area contributed by atoms with Crippen LogP contribution in [-0.2, 0) is 32.0 Å². The van der Waals surface area contributed by atoms with Crippen LogP contribution in [0, 0.1) is 11.8 Å². The van der Waals surface area contributed by atoms with E-state index >= 15 is 0 Å². The first-order chi connectivity index (χ1) is 20.1. The number of ketones is 1. The number of hydrogen-bond donors (Lipinski definition) is 4. The van der Waals surface area contributed by atoms with Crippen LogP contribution in [0.5, 0.6) is 0 Å². The largest absolute Gasteiger partial charge is 0.347 e. The Morgan fingerprint density at radius 2 is 1.31 bits per heavy atom. The standard InChI is InChI=1S/C33H42N4O5/c1-20(2)27(29(38)33(42)35-26-16-8-5-9-17-26)36-30(39)21(3)34-32(41)28(37-31(40)22-12-6-4-7-13-22)25-18-23-14-10-11-15-24(23)19-25/h4,6-7,10-15,20-21,25-28H,5,8-9,16-19H2,1-3H3,(H,34,41)(H,35,42)(H,36,39)(H,37,40)/t21-,27-,28+/m0/s1. The number of benzene rings is 2. The normalized spacial score (nSPS) is 17.4. The van der Waals surface area contributed by atoms with Gasteiger partial charge in [-0.3, -0.25) is 24.0 Å². The molecule has 4 amide bonds. The zero-order valence-corrected chi connectivity index (χ0v) is 24.7. The molecule has 2 aliphatic carbocycles. The Hall–Kier alpha value is -4.01. The molecular formula is C33H42N4O5. The van der Waals surface area contributed by atoms with Gasteiger partial charge in [0.25, 0.3) is 11.8 Å². The summed E-state index contributed by atoms with van der Waals surface area (Å²) in [6.07, 6.45) is 6.07. The molecule has 9 heteroatoms. The molecule has 0 aromatic heterocycles. The highest BCUT2D eigenvalue weighted by atomic mass is 16.2. The summed E-state index contributed by atoms with van der Waals surface area (Å²) >= 11 is 0. The van der Waals surface area contributed by atoms with Gasteiger partial charge in [0.1, 0.15) is 12.1 Å². The number of amides is 4. The minimum absolute atomic E-state index is 0.0262. The topological polar surface area (TPSA) is 133 Å². The lowest BCUT2D eigenvalue weighted by Crippen LogP contribution is -2.58. The molecule has 2 aromatic rings. The van der Waals surface area contributed by atoms with Crippen molar-refractivity contribution in [3.8, 4) is 0 Å². The predicted octanol–water partition coefficient (Wildman–Crippen LogP) is 2.86. The summed E-state index contributed by atoms with van der Waals surface area (Å²) in [5.74, 6) is -3.36. The first kappa shape index (κ1) is 30.9. The van der Waals surface area contributed by atoms with Gasteiger partial charge < -0.3 is 21.3 Å². The average Bonchev–Trinajstić information content (AvgIpc) is 3.42. The van der Waals surface area contributed by atoms with Crippen molar-refractivity contribution in [1.29, 1.82) is 0 Å². The highest BCUT2D eigenvalue weighted by Gasteiger charge is 2.37. The average molecular weight is 575 g/mol. The maximum absolute atomic E-state index is 13.6. The predicted molar refractivity (Wildman–Crippen MR) is 159 cm³/mol. The van der Waals surface area contributed by atoms with Crippen LogP contribution in [0.4, 0.5) is 0 Å². The van der Waals surface area contributed by atoms with Crippen LogP contribution in [-0.4, -0.2) is 53.6 Å². The number of hydrogen-bond acceptors (Lipinski definition) is 5. The number of Topliss-reactive ketones (excluding diaryl/α,β-unsaturated/α-hetero) is 1. The van der Waals surface area contributed by atoms with E-state index in [-0.39, 0.29) is 23.8 Å². The number of nitrogens with one attached hydrogen (secondary N) is 4. The molecule has 0 heterocycles. The second kappa shape index (κ2) is 14.2. The number of carbonyl (C=O) groups is 5. The minimum Gasteiger partial charge on any atom is -0.347 e. The van der Waals surface area contributed by atoms with Crippen molar-refractivity contribution in [2.45, 2.75) is 89.9 Å². The van der Waals surface area contributed by atoms with Crippen LogP contribution >= 0.6 is 0 Å². The number of fused-ring (bicyclic) bond motifs is 1. The highest BCUT2D eigenvalue weighted by molar-refractivity contribution is 6.38. The van der Waals surface area contributed by atoms with E-state index in [1.165, 1.54) is 6.92 Å². The summed E-state index contributed by atoms with van der Waals surface area (Å²) in [6.45, 7) is 5.04. The Labute approximate surface area is 247 Å². The van der Waals surface area contributed by atoms with Crippen LogP contribution in [0.15, 0.2) is 54.6 Å². The van der Waals surface area contributed by atoms with E-state index in [1.54, 1.807) is 38.1 Å². The van der Waals surface area contributed by atoms with Gasteiger partial charge in [0.2, 0.25) is 17.6 Å². The molecule has 4 N–H and O–H groups in total. The van der Waals surface area contributed by atoms with Gasteiger partial charge in [-0.25, -0.2) is 0 Å². The molecule has 2 aromatic carbocycles. The Balaban J connectivity index is 1.41. The molecule has 0 saturated heterocycles. The van der Waals surface area contributed by atoms with E-state index < -0.39 is 41.6 Å². The fourth-order valence-corrected chi connectivity index (χ4v) is 5.87. The first-order valence-electron chi connectivity index (χ1n) is 15.0. The van der Waals surface area contributed by atoms with E-state index in [4.69, 9.17) is 0 Å². The molecule has 0 bridgehead atoms. The maximum Gasteiger partial charge on any atom is 0.289 e. The fourth-order valence-electron chi connectivity index (χ4n) is 5.87. The Morgan fingerprint density at radius 1 is 0.714 bits per heavy atom. The lowest BCUT2D eigenvalue weighted by Gasteiger charge is -2.27. The second-order valence-electron chi connectivity index (χ2n) is 11.9. The molecule has 42 heavy (non-hydrogen) atoms. The van der Waals surface area contributed by atoms with E-state index in [1.807, 2.05) is 30.3 Å². The lowest BCUT2D eigenvalue weighted by molar-refractivity contribution is -0.141. The van der Waals surface area contributed by atoms with Crippen LogP contribution in [0.3, 0.4) is 0 Å². The molecule has 0 aliphatic heterocycles. The number of carbonyl (C=O) groups excluding carboxylic acids is 5. The summed E-state index contributed by atoms with van der Waals surface area (Å²) in [4.78, 5) is 65.6. The third kappa shape index (κ3) is 7.84. The van der Waals surface area contributed by atoms with Gasteiger partial charge >= 0.3 is 0 Å². The molecule has 4 rings (SSSR count). The summed E-state index contributed by atoms with van der Waals surface area (Å²) in [7, 11) is 0. The van der Waals surface area contributed by atoms with Crippen molar-refractivity contribution < 1.29 is 24.0 Å². The summed E-state index contributed by atoms with van der Waals surface area (Å²) in [5, 5.41) is 11.1. The second-order valence-corrected chi connectivity index (χ2v) is 11.9. The van der Waals surface area contributed by atoms with Crippen molar-refractivity contribution in [2.75, 3.05) is 0 Å².